The molecule has 0 saturated carbocycles. The quantitative estimate of drug-likeness (QED) is 0.743. The molecule has 0 aliphatic rings. The highest BCUT2D eigenvalue weighted by Gasteiger charge is 2.22. The van der Waals surface area contributed by atoms with E-state index >= 15 is 0 Å². The first kappa shape index (κ1) is 17.0. The molecule has 2 unspecified atom stereocenters. The molecule has 0 aromatic heterocycles. The maximum atomic E-state index is 10.9. The molecule has 20 heavy (non-hydrogen) atoms. The van der Waals surface area contributed by atoms with Crippen molar-refractivity contribution < 1.29 is 24.9 Å². The molecule has 0 heterocycles. The summed E-state index contributed by atoms with van der Waals surface area (Å²) in [6.07, 6.45) is -2.23. The number of aliphatic hydroxyl groups excluding tert-OH is 2. The fourth-order valence-electron chi connectivity index (χ4n) is 1.59. The summed E-state index contributed by atoms with van der Waals surface area (Å²) in [6, 6.07) is 3.91. The average molecular weight is 319 g/mol. The molecule has 0 radical (unpaired) electrons. The van der Waals surface area contributed by atoms with Gasteiger partial charge in [-0.2, -0.15) is 0 Å². The number of hydrogen-bond donors (Lipinski definition) is 3. The second-order valence-corrected chi connectivity index (χ2v) is 5.86. The third kappa shape index (κ3) is 4.79. The van der Waals surface area contributed by atoms with Crippen molar-refractivity contribution in [2.45, 2.75) is 25.6 Å². The fraction of sp³-hybridized carbons (Fsp3) is 0.385. The molecule has 0 aliphatic carbocycles. The maximum absolute atomic E-state index is 10.9. The predicted molar refractivity (Wildman–Crippen MR) is 77.1 cm³/mol. The number of rotatable bonds is 6. The van der Waals surface area contributed by atoms with Gasteiger partial charge in [0.1, 0.15) is 6.10 Å². The van der Waals surface area contributed by atoms with Gasteiger partial charge in [-0.1, -0.05) is 23.4 Å². The van der Waals surface area contributed by atoms with Crippen molar-refractivity contribution in [3.05, 3.63) is 34.3 Å². The maximum Gasteiger partial charge on any atom is 0.335 e. The Morgan fingerprint density at radius 2 is 2.00 bits per heavy atom. The topological polar surface area (TPSA) is 94.8 Å². The van der Waals surface area contributed by atoms with Gasteiger partial charge in [-0.25, -0.2) is 4.79 Å². The van der Waals surface area contributed by atoms with Crippen LogP contribution in [0.4, 0.5) is 0 Å². The van der Waals surface area contributed by atoms with Crippen molar-refractivity contribution >= 4 is 34.4 Å². The molecule has 0 spiro atoms. The molecule has 0 amide bonds. The minimum atomic E-state index is -1.30. The van der Waals surface area contributed by atoms with Crippen molar-refractivity contribution in [2.24, 2.45) is 0 Å². The standard InChI is InChI=1S/C13H15ClO5S/c1-7(15)20-5-4-11(16)12(17)9-6-8(13(18)19)2-3-10(9)14/h2-3,6,11-12,16-17H,4-5H2,1H3,(H,18,19). The summed E-state index contributed by atoms with van der Waals surface area (Å²) in [6.45, 7) is 1.42. The summed E-state index contributed by atoms with van der Waals surface area (Å²) in [5.74, 6) is -0.777. The number of halogens is 1. The predicted octanol–water partition coefficient (Wildman–Crippen LogP) is 2.10. The van der Waals surface area contributed by atoms with E-state index in [0.29, 0.717) is 5.75 Å². The van der Waals surface area contributed by atoms with Gasteiger partial charge in [-0.3, -0.25) is 4.79 Å². The second-order valence-electron chi connectivity index (χ2n) is 4.18. The summed E-state index contributed by atoms with van der Waals surface area (Å²) in [4.78, 5) is 21.6. The summed E-state index contributed by atoms with van der Waals surface area (Å²) in [7, 11) is 0. The zero-order valence-electron chi connectivity index (χ0n) is 10.7. The minimum absolute atomic E-state index is 0.0197. The highest BCUT2D eigenvalue weighted by molar-refractivity contribution is 8.13. The summed E-state index contributed by atoms with van der Waals surface area (Å²) in [5, 5.41) is 28.9. The third-order valence-electron chi connectivity index (χ3n) is 2.64. The first-order valence-electron chi connectivity index (χ1n) is 5.85. The van der Waals surface area contributed by atoms with E-state index in [1.807, 2.05) is 0 Å². The van der Waals surface area contributed by atoms with Gasteiger partial charge in [0.25, 0.3) is 0 Å². The number of thioether (sulfide) groups is 1. The van der Waals surface area contributed by atoms with E-state index in [1.54, 1.807) is 0 Å². The van der Waals surface area contributed by atoms with Crippen LogP contribution in [0, 0.1) is 0 Å². The lowest BCUT2D eigenvalue weighted by molar-refractivity contribution is -0.109. The molecule has 2 atom stereocenters. The number of carboxylic acids is 1. The highest BCUT2D eigenvalue weighted by atomic mass is 35.5. The molecule has 110 valence electrons. The summed E-state index contributed by atoms with van der Waals surface area (Å²) in [5.41, 5.74) is 0.139. The van der Waals surface area contributed by atoms with Crippen LogP contribution < -0.4 is 0 Å². The molecule has 5 nitrogen and oxygen atoms in total. The largest absolute Gasteiger partial charge is 0.478 e. The van der Waals surface area contributed by atoms with Gasteiger partial charge in [-0.15, -0.1) is 0 Å². The van der Waals surface area contributed by atoms with Crippen LogP contribution >= 0.6 is 23.4 Å². The average Bonchev–Trinajstić information content (AvgIpc) is 2.37. The van der Waals surface area contributed by atoms with Gasteiger partial charge in [0.2, 0.25) is 0 Å². The second kappa shape index (κ2) is 7.64. The Morgan fingerprint density at radius 3 is 2.55 bits per heavy atom. The smallest absolute Gasteiger partial charge is 0.335 e. The molecule has 1 aromatic carbocycles. The van der Waals surface area contributed by atoms with Gasteiger partial charge in [0.05, 0.1) is 11.7 Å². The molecule has 0 bridgehead atoms. The summed E-state index contributed by atoms with van der Waals surface area (Å²) < 4.78 is 0. The molecule has 0 fully saturated rings. The zero-order valence-corrected chi connectivity index (χ0v) is 12.3. The lowest BCUT2D eigenvalue weighted by Gasteiger charge is -2.19. The van der Waals surface area contributed by atoms with E-state index in [4.69, 9.17) is 16.7 Å². The van der Waals surface area contributed by atoms with Gasteiger partial charge < -0.3 is 15.3 Å². The highest BCUT2D eigenvalue weighted by Crippen LogP contribution is 2.28. The molecule has 0 aliphatic heterocycles. The van der Waals surface area contributed by atoms with Gasteiger partial charge in [-0.05, 0) is 24.6 Å². The molecular weight excluding hydrogens is 304 g/mol. The van der Waals surface area contributed by atoms with Gasteiger partial charge in [0.15, 0.2) is 5.12 Å². The minimum Gasteiger partial charge on any atom is -0.478 e. The van der Waals surface area contributed by atoms with E-state index in [-0.39, 0.29) is 27.7 Å². The lowest BCUT2D eigenvalue weighted by Crippen LogP contribution is -2.20. The van der Waals surface area contributed by atoms with E-state index in [1.165, 1.54) is 25.1 Å². The Bertz CT molecular complexity index is 506. The van der Waals surface area contributed by atoms with Gasteiger partial charge >= 0.3 is 5.97 Å². The Hall–Kier alpha value is -1.08. The number of carbonyl (C=O) groups is 2. The molecule has 1 aromatic rings. The third-order valence-corrected chi connectivity index (χ3v) is 3.84. The number of carbonyl (C=O) groups excluding carboxylic acids is 1. The zero-order chi connectivity index (χ0) is 15.3. The van der Waals surface area contributed by atoms with E-state index < -0.39 is 18.2 Å². The van der Waals surface area contributed by atoms with Crippen molar-refractivity contribution in [2.75, 3.05) is 5.75 Å². The number of benzene rings is 1. The normalized spacial score (nSPS) is 13.8. The van der Waals surface area contributed by atoms with Crippen LogP contribution in [0.25, 0.3) is 0 Å². The van der Waals surface area contributed by atoms with Crippen LogP contribution in [-0.4, -0.2) is 38.3 Å². The lowest BCUT2D eigenvalue weighted by atomic mass is 10.0. The first-order valence-corrected chi connectivity index (χ1v) is 7.21. The number of aromatic carboxylic acids is 1. The molecule has 7 heteroatoms. The van der Waals surface area contributed by atoms with E-state index in [2.05, 4.69) is 0 Å². The molecular formula is C13H15ClO5S. The van der Waals surface area contributed by atoms with Crippen LogP contribution in [-0.2, 0) is 4.79 Å². The van der Waals surface area contributed by atoms with Crippen molar-refractivity contribution in [1.29, 1.82) is 0 Å². The van der Waals surface area contributed by atoms with E-state index in [9.17, 15) is 19.8 Å². The van der Waals surface area contributed by atoms with Crippen LogP contribution in [0.3, 0.4) is 0 Å². The Kier molecular flexibility index (Phi) is 6.48. The SMILES string of the molecule is CC(=O)SCCC(O)C(O)c1cc(C(=O)O)ccc1Cl. The first-order chi connectivity index (χ1) is 9.32. The Morgan fingerprint density at radius 1 is 1.35 bits per heavy atom. The number of aliphatic hydroxyl groups is 2. The van der Waals surface area contributed by atoms with Crippen molar-refractivity contribution in [3.63, 3.8) is 0 Å². The number of hydrogen-bond acceptors (Lipinski definition) is 5. The van der Waals surface area contributed by atoms with Gasteiger partial charge in [0, 0.05) is 23.3 Å². The van der Waals surface area contributed by atoms with Crippen LogP contribution in [0.15, 0.2) is 18.2 Å². The molecule has 1 rings (SSSR count). The number of carboxylic acid groups (broad SMARTS) is 1. The Balaban J connectivity index is 2.79. The monoisotopic (exact) mass is 318 g/mol. The Labute approximate surface area is 125 Å². The summed E-state index contributed by atoms with van der Waals surface area (Å²) >= 11 is 6.95. The van der Waals surface area contributed by atoms with Crippen molar-refractivity contribution in [1.82, 2.24) is 0 Å². The van der Waals surface area contributed by atoms with E-state index in [0.717, 1.165) is 11.8 Å². The fourth-order valence-corrected chi connectivity index (χ4v) is 2.47. The van der Waals surface area contributed by atoms with Crippen molar-refractivity contribution in [3.8, 4) is 0 Å². The van der Waals surface area contributed by atoms with Crippen LogP contribution in [0.2, 0.25) is 5.02 Å². The van der Waals surface area contributed by atoms with Crippen LogP contribution in [0.1, 0.15) is 35.4 Å². The molecule has 0 saturated heterocycles. The van der Waals surface area contributed by atoms with Crippen LogP contribution in [0.5, 0.6) is 0 Å². The molecule has 3 N–H and O–H groups in total.